The molecular formula is C17H18BrNO3S. The number of ether oxygens (including phenoxy) is 2. The molecule has 2 aromatic rings. The second-order valence-corrected chi connectivity index (χ2v) is 7.05. The van der Waals surface area contributed by atoms with Gasteiger partial charge < -0.3 is 14.4 Å². The maximum atomic E-state index is 12.7. The van der Waals surface area contributed by atoms with Gasteiger partial charge in [-0.25, -0.2) is 0 Å². The lowest BCUT2D eigenvalue weighted by Gasteiger charge is -2.32. The fourth-order valence-electron chi connectivity index (χ4n) is 2.65. The molecule has 122 valence electrons. The van der Waals surface area contributed by atoms with Crippen LogP contribution in [0.25, 0.3) is 0 Å². The first-order valence-corrected chi connectivity index (χ1v) is 9.22. The summed E-state index contributed by atoms with van der Waals surface area (Å²) in [7, 11) is 1.60. The van der Waals surface area contributed by atoms with Gasteiger partial charge in [0, 0.05) is 35.8 Å². The first kappa shape index (κ1) is 16.3. The lowest BCUT2D eigenvalue weighted by Crippen LogP contribution is -2.41. The summed E-state index contributed by atoms with van der Waals surface area (Å²) in [4.78, 5) is 14.6. The first-order valence-electron chi connectivity index (χ1n) is 7.49. The van der Waals surface area contributed by atoms with Gasteiger partial charge in [0.15, 0.2) is 0 Å². The summed E-state index contributed by atoms with van der Waals surface area (Å²) in [6, 6.07) is 7.44. The van der Waals surface area contributed by atoms with Crippen LogP contribution >= 0.6 is 27.3 Å². The number of nitrogens with zero attached hydrogens (tertiary/aromatic N) is 1. The Bertz CT molecular complexity index is 666. The number of carbonyl (C=O) groups is 1. The molecule has 1 aromatic carbocycles. The van der Waals surface area contributed by atoms with Crippen molar-refractivity contribution >= 4 is 33.2 Å². The molecule has 1 aliphatic rings. The van der Waals surface area contributed by atoms with Gasteiger partial charge in [0.05, 0.1) is 12.7 Å². The molecule has 0 radical (unpaired) electrons. The Balaban J connectivity index is 1.62. The van der Waals surface area contributed by atoms with Crippen molar-refractivity contribution < 1.29 is 14.3 Å². The Kier molecular flexibility index (Phi) is 5.23. The second-order valence-electron chi connectivity index (χ2n) is 5.41. The molecule has 1 saturated heterocycles. The molecule has 23 heavy (non-hydrogen) atoms. The van der Waals surface area contributed by atoms with Crippen LogP contribution in [0.15, 0.2) is 39.5 Å². The zero-order valence-electron chi connectivity index (χ0n) is 12.8. The Morgan fingerprint density at radius 1 is 1.26 bits per heavy atom. The minimum atomic E-state index is 0.0322. The fourth-order valence-corrected chi connectivity index (χ4v) is 3.63. The zero-order chi connectivity index (χ0) is 16.2. The van der Waals surface area contributed by atoms with Gasteiger partial charge in [-0.05, 0) is 45.6 Å². The molecule has 0 unspecified atom stereocenters. The van der Waals surface area contributed by atoms with Gasteiger partial charge in [0.2, 0.25) is 0 Å². The number of carbonyl (C=O) groups excluding carboxylic acids is 1. The van der Waals surface area contributed by atoms with Crippen molar-refractivity contribution in [1.82, 2.24) is 4.90 Å². The van der Waals surface area contributed by atoms with Gasteiger partial charge in [0.1, 0.15) is 17.6 Å². The van der Waals surface area contributed by atoms with Gasteiger partial charge in [-0.1, -0.05) is 0 Å². The largest absolute Gasteiger partial charge is 0.497 e. The highest BCUT2D eigenvalue weighted by Crippen LogP contribution is 2.26. The number of methoxy groups -OCH3 is 1. The minimum absolute atomic E-state index is 0.0322. The summed E-state index contributed by atoms with van der Waals surface area (Å²) in [5.74, 6) is 1.65. The molecule has 1 aromatic heterocycles. The molecule has 4 nitrogen and oxygen atoms in total. The summed E-state index contributed by atoms with van der Waals surface area (Å²) in [6.07, 6.45) is 1.88. The summed E-state index contributed by atoms with van der Waals surface area (Å²) in [6.45, 7) is 1.41. The van der Waals surface area contributed by atoms with Crippen molar-refractivity contribution in [3.63, 3.8) is 0 Å². The van der Waals surface area contributed by atoms with E-state index >= 15 is 0 Å². The number of hydrogen-bond acceptors (Lipinski definition) is 4. The first-order chi connectivity index (χ1) is 11.2. The molecular weight excluding hydrogens is 378 g/mol. The van der Waals surface area contributed by atoms with E-state index < -0.39 is 0 Å². The molecule has 0 bridgehead atoms. The Labute approximate surface area is 148 Å². The van der Waals surface area contributed by atoms with Crippen LogP contribution < -0.4 is 9.47 Å². The van der Waals surface area contributed by atoms with Crippen LogP contribution in [0.3, 0.4) is 0 Å². The van der Waals surface area contributed by atoms with E-state index in [1.807, 2.05) is 33.9 Å². The maximum absolute atomic E-state index is 12.7. The van der Waals surface area contributed by atoms with Crippen LogP contribution in [0.2, 0.25) is 0 Å². The average molecular weight is 396 g/mol. The highest BCUT2D eigenvalue weighted by Gasteiger charge is 2.26. The third-order valence-electron chi connectivity index (χ3n) is 3.93. The number of likely N-dealkylation sites (tertiary alicyclic amines) is 1. The number of rotatable bonds is 4. The third-order valence-corrected chi connectivity index (χ3v) is 5.28. The number of halogens is 1. The SMILES string of the molecule is COc1ccc(Br)c(C(=O)N2CCC(Oc3ccsc3)CC2)c1. The van der Waals surface area contributed by atoms with Crippen molar-refractivity contribution in [3.05, 3.63) is 45.1 Å². The number of benzene rings is 1. The van der Waals surface area contributed by atoms with Crippen LogP contribution in [0, 0.1) is 0 Å². The van der Waals surface area contributed by atoms with Crippen LogP contribution in [-0.4, -0.2) is 37.1 Å². The van der Waals surface area contributed by atoms with E-state index in [1.165, 1.54) is 0 Å². The Hall–Kier alpha value is -1.53. The molecule has 0 spiro atoms. The van der Waals surface area contributed by atoms with Crippen LogP contribution in [0.4, 0.5) is 0 Å². The van der Waals surface area contributed by atoms with E-state index in [0.717, 1.165) is 23.1 Å². The maximum Gasteiger partial charge on any atom is 0.255 e. The van der Waals surface area contributed by atoms with E-state index in [2.05, 4.69) is 15.9 Å². The average Bonchev–Trinajstić information content (AvgIpc) is 3.08. The zero-order valence-corrected chi connectivity index (χ0v) is 15.2. The predicted octanol–water partition coefficient (Wildman–Crippen LogP) is 4.20. The van der Waals surface area contributed by atoms with Crippen molar-refractivity contribution in [1.29, 1.82) is 0 Å². The smallest absolute Gasteiger partial charge is 0.255 e. The van der Waals surface area contributed by atoms with Gasteiger partial charge in [-0.15, -0.1) is 11.3 Å². The molecule has 2 heterocycles. The lowest BCUT2D eigenvalue weighted by molar-refractivity contribution is 0.0595. The Morgan fingerprint density at radius 2 is 2.04 bits per heavy atom. The topological polar surface area (TPSA) is 38.8 Å². The van der Waals surface area contributed by atoms with Crippen molar-refractivity contribution in [2.75, 3.05) is 20.2 Å². The van der Waals surface area contributed by atoms with E-state index in [-0.39, 0.29) is 12.0 Å². The van der Waals surface area contributed by atoms with Gasteiger partial charge >= 0.3 is 0 Å². The van der Waals surface area contributed by atoms with Gasteiger partial charge in [0.25, 0.3) is 5.91 Å². The quantitative estimate of drug-likeness (QED) is 0.778. The highest BCUT2D eigenvalue weighted by molar-refractivity contribution is 9.10. The highest BCUT2D eigenvalue weighted by atomic mass is 79.9. The minimum Gasteiger partial charge on any atom is -0.497 e. The van der Waals surface area contributed by atoms with Gasteiger partial charge in [-0.3, -0.25) is 4.79 Å². The number of amides is 1. The molecule has 3 rings (SSSR count). The lowest BCUT2D eigenvalue weighted by atomic mass is 10.1. The molecule has 1 aliphatic heterocycles. The normalized spacial score (nSPS) is 15.5. The van der Waals surface area contributed by atoms with Crippen molar-refractivity contribution in [2.45, 2.75) is 18.9 Å². The molecule has 0 aliphatic carbocycles. The summed E-state index contributed by atoms with van der Waals surface area (Å²) in [5, 5.41) is 4.01. The second kappa shape index (κ2) is 7.36. The number of hydrogen-bond donors (Lipinski definition) is 0. The summed E-state index contributed by atoms with van der Waals surface area (Å²) in [5.41, 5.74) is 0.640. The van der Waals surface area contributed by atoms with E-state index in [9.17, 15) is 4.79 Å². The summed E-state index contributed by atoms with van der Waals surface area (Å²) < 4.78 is 11.9. The molecule has 0 saturated carbocycles. The fraction of sp³-hybridized carbons (Fsp3) is 0.353. The molecule has 1 amide bonds. The van der Waals surface area contributed by atoms with E-state index in [0.29, 0.717) is 24.4 Å². The number of thiophene rings is 1. The van der Waals surface area contributed by atoms with Gasteiger partial charge in [-0.2, -0.15) is 0 Å². The molecule has 0 N–H and O–H groups in total. The molecule has 0 atom stereocenters. The van der Waals surface area contributed by atoms with E-state index in [4.69, 9.17) is 9.47 Å². The van der Waals surface area contributed by atoms with E-state index in [1.54, 1.807) is 24.5 Å². The third kappa shape index (κ3) is 3.87. The van der Waals surface area contributed by atoms with Crippen molar-refractivity contribution in [3.8, 4) is 11.5 Å². The van der Waals surface area contributed by atoms with Crippen LogP contribution in [0.1, 0.15) is 23.2 Å². The predicted molar refractivity (Wildman–Crippen MR) is 94.6 cm³/mol. The molecule has 6 heteroatoms. The molecule has 1 fully saturated rings. The van der Waals surface area contributed by atoms with Crippen LogP contribution in [0.5, 0.6) is 11.5 Å². The Morgan fingerprint density at radius 3 is 2.70 bits per heavy atom. The summed E-state index contributed by atoms with van der Waals surface area (Å²) >= 11 is 5.08. The van der Waals surface area contributed by atoms with Crippen LogP contribution in [-0.2, 0) is 0 Å². The standard InChI is InChI=1S/C17H18BrNO3S/c1-21-13-2-3-16(18)15(10-13)17(20)19-7-4-12(5-8-19)22-14-6-9-23-11-14/h2-3,6,9-12H,4-5,7-8H2,1H3. The monoisotopic (exact) mass is 395 g/mol. The van der Waals surface area contributed by atoms with Crippen molar-refractivity contribution in [2.24, 2.45) is 0 Å². The number of piperidine rings is 1.